The number of unbranched alkanes of at least 4 members (excludes halogenated alkanes) is 9. The molecule has 0 saturated carbocycles. The second-order valence-corrected chi connectivity index (χ2v) is 8.00. The molecule has 144 valence electrons. The van der Waals surface area contributed by atoms with Gasteiger partial charge in [-0.05, 0) is 18.6 Å². The van der Waals surface area contributed by atoms with E-state index in [0.29, 0.717) is 0 Å². The third-order valence-electron chi connectivity index (χ3n) is 3.97. The molecule has 0 atom stereocenters. The molecule has 0 radical (unpaired) electrons. The molecule has 1 aliphatic rings. The minimum atomic E-state index is -3.57. The van der Waals surface area contributed by atoms with Crippen molar-refractivity contribution in [2.24, 2.45) is 0 Å². The van der Waals surface area contributed by atoms with E-state index in [9.17, 15) is 8.42 Å². The first-order valence-corrected chi connectivity index (χ1v) is 11.1. The lowest BCUT2D eigenvalue weighted by molar-refractivity contribution is 0.306. The molecule has 0 aliphatic carbocycles. The summed E-state index contributed by atoms with van der Waals surface area (Å²) in [5, 5.41) is 0. The average Bonchev–Trinajstić information content (AvgIpc) is 3.49. The first-order valence-electron chi connectivity index (χ1n) is 9.69. The van der Waals surface area contributed by atoms with E-state index in [4.69, 9.17) is 4.18 Å². The van der Waals surface area contributed by atoms with Crippen LogP contribution in [0.5, 0.6) is 0 Å². The summed E-state index contributed by atoms with van der Waals surface area (Å²) in [7, 11) is -3.57. The molecule has 4 nitrogen and oxygen atoms in total. The molecule has 5 heteroatoms. The van der Waals surface area contributed by atoms with Crippen LogP contribution in [0.1, 0.15) is 71.1 Å². The Bertz CT molecular complexity index is 509. The first kappa shape index (κ1) is 22.1. The highest BCUT2D eigenvalue weighted by atomic mass is 32.2. The van der Waals surface area contributed by atoms with E-state index in [0.717, 1.165) is 26.1 Å². The number of hydrogen-bond donors (Lipinski definition) is 0. The van der Waals surface area contributed by atoms with Gasteiger partial charge in [-0.2, -0.15) is 8.42 Å². The van der Waals surface area contributed by atoms with Gasteiger partial charge in [0.1, 0.15) is 0 Å². The quantitative estimate of drug-likeness (QED) is 0.267. The maximum Gasteiger partial charge on any atom is 0.296 e. The van der Waals surface area contributed by atoms with Crippen LogP contribution >= 0.6 is 0 Å². The van der Waals surface area contributed by atoms with Crippen LogP contribution < -0.4 is 0 Å². The fourth-order valence-corrected chi connectivity index (χ4v) is 3.38. The van der Waals surface area contributed by atoms with E-state index in [-0.39, 0.29) is 11.5 Å². The second-order valence-electron chi connectivity index (χ2n) is 6.38. The zero-order valence-electron chi connectivity index (χ0n) is 15.6. The third-order valence-corrected chi connectivity index (χ3v) is 5.30. The zero-order valence-corrected chi connectivity index (χ0v) is 16.4. The average molecular weight is 371 g/mol. The molecule has 25 heavy (non-hydrogen) atoms. The van der Waals surface area contributed by atoms with Crippen LogP contribution in [-0.2, 0) is 19.0 Å². The summed E-state index contributed by atoms with van der Waals surface area (Å²) in [6.45, 7) is 4.52. The Labute approximate surface area is 154 Å². The molecule has 1 heterocycles. The van der Waals surface area contributed by atoms with Crippen molar-refractivity contribution in [2.75, 3.05) is 19.8 Å². The number of rotatable bonds is 13. The Kier molecular flexibility index (Phi) is 12.6. The van der Waals surface area contributed by atoms with E-state index in [1.54, 1.807) is 30.3 Å². The molecular formula is C20H34O4S. The van der Waals surface area contributed by atoms with E-state index >= 15 is 0 Å². The molecule has 1 fully saturated rings. The molecule has 1 aliphatic heterocycles. The molecule has 0 unspecified atom stereocenters. The molecule has 0 bridgehead atoms. The van der Waals surface area contributed by atoms with Crippen molar-refractivity contribution in [3.8, 4) is 0 Å². The lowest BCUT2D eigenvalue weighted by atomic mass is 10.1. The maximum atomic E-state index is 11.9. The summed E-state index contributed by atoms with van der Waals surface area (Å²) in [5.74, 6) is 0. The summed E-state index contributed by atoms with van der Waals surface area (Å²) < 4.78 is 33.3. The Balaban J connectivity index is 0.000000934. The molecule has 1 aromatic carbocycles. The van der Waals surface area contributed by atoms with Crippen LogP contribution in [-0.4, -0.2) is 28.2 Å². The van der Waals surface area contributed by atoms with Crippen molar-refractivity contribution in [1.29, 1.82) is 0 Å². The van der Waals surface area contributed by atoms with Crippen LogP contribution in [0.25, 0.3) is 0 Å². The van der Waals surface area contributed by atoms with Crippen LogP contribution in [0.2, 0.25) is 0 Å². The van der Waals surface area contributed by atoms with Gasteiger partial charge in [0, 0.05) is 0 Å². The van der Waals surface area contributed by atoms with Crippen molar-refractivity contribution < 1.29 is 17.3 Å². The monoisotopic (exact) mass is 370 g/mol. The van der Waals surface area contributed by atoms with Crippen molar-refractivity contribution in [2.45, 2.75) is 76.0 Å². The Morgan fingerprint density at radius 2 is 1.32 bits per heavy atom. The molecule has 1 saturated heterocycles. The Morgan fingerprint density at radius 3 is 1.80 bits per heavy atom. The van der Waals surface area contributed by atoms with Gasteiger partial charge in [-0.15, -0.1) is 0 Å². The molecule has 1 aromatic rings. The van der Waals surface area contributed by atoms with Crippen LogP contribution in [0.3, 0.4) is 0 Å². The summed E-state index contributed by atoms with van der Waals surface area (Å²) in [5.41, 5.74) is 0. The fourth-order valence-electron chi connectivity index (χ4n) is 2.41. The molecule has 2 rings (SSSR count). The van der Waals surface area contributed by atoms with Gasteiger partial charge >= 0.3 is 0 Å². The third kappa shape index (κ3) is 13.0. The smallest absolute Gasteiger partial charge is 0.296 e. The van der Waals surface area contributed by atoms with Gasteiger partial charge in [-0.1, -0.05) is 82.9 Å². The lowest BCUT2D eigenvalue weighted by Gasteiger charge is -2.05. The van der Waals surface area contributed by atoms with Crippen LogP contribution in [0.4, 0.5) is 0 Å². The number of ether oxygens (including phenoxy) is 1. The summed E-state index contributed by atoms with van der Waals surface area (Å²) >= 11 is 0. The van der Waals surface area contributed by atoms with Gasteiger partial charge in [-0.25, -0.2) is 0 Å². The fraction of sp³-hybridized carbons (Fsp3) is 0.700. The topological polar surface area (TPSA) is 55.9 Å². The van der Waals surface area contributed by atoms with Gasteiger partial charge in [0.25, 0.3) is 10.1 Å². The predicted octanol–water partition coefficient (Wildman–Crippen LogP) is 5.33. The van der Waals surface area contributed by atoms with Gasteiger partial charge in [0.05, 0.1) is 24.7 Å². The highest BCUT2D eigenvalue weighted by Crippen LogP contribution is 2.13. The normalized spacial score (nSPS) is 13.2. The van der Waals surface area contributed by atoms with Crippen molar-refractivity contribution >= 4 is 10.1 Å². The van der Waals surface area contributed by atoms with Gasteiger partial charge in [0.2, 0.25) is 0 Å². The van der Waals surface area contributed by atoms with Crippen molar-refractivity contribution in [1.82, 2.24) is 0 Å². The van der Waals surface area contributed by atoms with E-state index < -0.39 is 10.1 Å². The zero-order chi connectivity index (χ0) is 18.2. The van der Waals surface area contributed by atoms with Crippen LogP contribution in [0.15, 0.2) is 35.2 Å². The first-order chi connectivity index (χ1) is 12.2. The highest BCUT2D eigenvalue weighted by Gasteiger charge is 2.13. The molecule has 0 spiro atoms. The van der Waals surface area contributed by atoms with Gasteiger partial charge in [0.15, 0.2) is 0 Å². The van der Waals surface area contributed by atoms with E-state index in [2.05, 4.69) is 11.7 Å². The Hall–Kier alpha value is -0.910. The summed E-state index contributed by atoms with van der Waals surface area (Å²) in [6, 6.07) is 8.33. The SMILES string of the molecule is C1CO1.CCCCCCCCCCCCOS(=O)(=O)c1ccccc1. The van der Waals surface area contributed by atoms with Crippen molar-refractivity contribution in [3.05, 3.63) is 30.3 Å². The molecule has 0 aromatic heterocycles. The molecule has 0 N–H and O–H groups in total. The standard InChI is InChI=1S/C18H30O3S.C2H4O/c1-2-3-4-5-6-7-8-9-10-14-17-21-22(19,20)18-15-12-11-13-16-18;1-2-3-1/h11-13,15-16H,2-10,14,17H2,1H3;1-2H2. The number of hydrogen-bond acceptors (Lipinski definition) is 4. The molecule has 0 amide bonds. The maximum absolute atomic E-state index is 11.9. The molecular weight excluding hydrogens is 336 g/mol. The lowest BCUT2D eigenvalue weighted by Crippen LogP contribution is -2.07. The van der Waals surface area contributed by atoms with Gasteiger partial charge < -0.3 is 4.74 Å². The van der Waals surface area contributed by atoms with Crippen LogP contribution in [0, 0.1) is 0 Å². The summed E-state index contributed by atoms with van der Waals surface area (Å²) in [6.07, 6.45) is 12.3. The van der Waals surface area contributed by atoms with Crippen molar-refractivity contribution in [3.63, 3.8) is 0 Å². The van der Waals surface area contributed by atoms with E-state index in [1.165, 1.54) is 51.4 Å². The largest absolute Gasteiger partial charge is 0.377 e. The Morgan fingerprint density at radius 1 is 0.840 bits per heavy atom. The van der Waals surface area contributed by atoms with E-state index in [1.807, 2.05) is 0 Å². The summed E-state index contributed by atoms with van der Waals surface area (Å²) in [4.78, 5) is 0.238. The number of epoxide rings is 1. The van der Waals surface area contributed by atoms with Gasteiger partial charge in [-0.3, -0.25) is 4.18 Å². The highest BCUT2D eigenvalue weighted by molar-refractivity contribution is 7.86. The predicted molar refractivity (Wildman–Crippen MR) is 102 cm³/mol. The number of benzene rings is 1. The minimum absolute atomic E-state index is 0.238. The second kappa shape index (κ2) is 14.3. The minimum Gasteiger partial charge on any atom is -0.377 e.